The molecule has 20 heavy (non-hydrogen) atoms. The Kier molecular flexibility index (Phi) is 6.13. The largest absolute Gasteiger partial charge is 0.522 e. The molecule has 0 radical (unpaired) electrons. The van der Waals surface area contributed by atoms with E-state index in [4.69, 9.17) is 4.74 Å². The van der Waals surface area contributed by atoms with Gasteiger partial charge in [0.25, 0.3) is 0 Å². The van der Waals surface area contributed by atoms with Gasteiger partial charge in [0.15, 0.2) is 0 Å². The number of ether oxygens (including phenoxy) is 2. The lowest BCUT2D eigenvalue weighted by molar-refractivity contribution is -0.324. The van der Waals surface area contributed by atoms with Crippen LogP contribution in [-0.2, 0) is 17.6 Å². The highest BCUT2D eigenvalue weighted by molar-refractivity contribution is 5.47. The maximum Gasteiger partial charge on any atom is 0.522 e. The van der Waals surface area contributed by atoms with Gasteiger partial charge in [0.2, 0.25) is 0 Å². The number of rotatable bonds is 7. The number of benzene rings is 1. The van der Waals surface area contributed by atoms with Gasteiger partial charge in [0.05, 0.1) is 13.2 Å². The number of phenolic OH excluding ortho intramolecular Hbond substituents is 1. The Balaban J connectivity index is 2.59. The maximum absolute atomic E-state index is 11.8. The maximum atomic E-state index is 11.8. The van der Waals surface area contributed by atoms with Gasteiger partial charge in [-0.2, -0.15) is 0 Å². The lowest BCUT2D eigenvalue weighted by Crippen LogP contribution is -2.16. The molecule has 0 aliphatic carbocycles. The first kappa shape index (κ1) is 16.6. The second-order valence-corrected chi connectivity index (χ2v) is 4.30. The summed E-state index contributed by atoms with van der Waals surface area (Å²) < 4.78 is 44.6. The SMILES string of the molecule is CCc1cc(O)cc(CC)c1OCCCOC(F)(F)F. The molecule has 114 valence electrons. The summed E-state index contributed by atoms with van der Waals surface area (Å²) >= 11 is 0. The standard InChI is InChI=1S/C14H19F3O3/c1-3-10-8-12(18)9-11(4-2)13(10)19-6-5-7-20-14(15,16)17/h8-9,18H,3-7H2,1-2H3. The molecule has 6 heteroatoms. The third-order valence-electron chi connectivity index (χ3n) is 2.79. The fourth-order valence-corrected chi connectivity index (χ4v) is 1.87. The van der Waals surface area contributed by atoms with Crippen LogP contribution in [-0.4, -0.2) is 24.7 Å². The zero-order chi connectivity index (χ0) is 15.2. The molecular formula is C14H19F3O3. The minimum atomic E-state index is -4.60. The molecule has 0 atom stereocenters. The van der Waals surface area contributed by atoms with E-state index in [-0.39, 0.29) is 18.8 Å². The monoisotopic (exact) mass is 292 g/mol. The molecule has 0 unspecified atom stereocenters. The van der Waals surface area contributed by atoms with E-state index in [1.807, 2.05) is 13.8 Å². The van der Waals surface area contributed by atoms with E-state index >= 15 is 0 Å². The Hall–Kier alpha value is -1.43. The molecule has 3 nitrogen and oxygen atoms in total. The summed E-state index contributed by atoms with van der Waals surface area (Å²) in [5.41, 5.74) is 1.69. The lowest BCUT2D eigenvalue weighted by atomic mass is 10.0. The number of halogens is 3. The van der Waals surface area contributed by atoms with Crippen molar-refractivity contribution in [3.63, 3.8) is 0 Å². The first-order valence-electron chi connectivity index (χ1n) is 6.55. The Morgan fingerprint density at radius 3 is 2.05 bits per heavy atom. The predicted octanol–water partition coefficient (Wildman–Crippen LogP) is 3.82. The van der Waals surface area contributed by atoms with Crippen LogP contribution in [0.3, 0.4) is 0 Å². The van der Waals surface area contributed by atoms with Gasteiger partial charge < -0.3 is 9.84 Å². The molecule has 0 spiro atoms. The molecule has 0 heterocycles. The van der Waals surface area contributed by atoms with Crippen LogP contribution in [0.4, 0.5) is 13.2 Å². The van der Waals surface area contributed by atoms with E-state index < -0.39 is 13.0 Å². The van der Waals surface area contributed by atoms with Crippen molar-refractivity contribution in [3.8, 4) is 11.5 Å². The van der Waals surface area contributed by atoms with Crippen molar-refractivity contribution in [1.82, 2.24) is 0 Å². The number of alkyl halides is 3. The van der Waals surface area contributed by atoms with Gasteiger partial charge in [-0.15, -0.1) is 13.2 Å². The van der Waals surface area contributed by atoms with Crippen LogP contribution in [0.25, 0.3) is 0 Å². The molecule has 0 saturated carbocycles. The van der Waals surface area contributed by atoms with Gasteiger partial charge in [0.1, 0.15) is 11.5 Å². The van der Waals surface area contributed by atoms with Crippen LogP contribution in [0.2, 0.25) is 0 Å². The van der Waals surface area contributed by atoms with Crippen molar-refractivity contribution in [1.29, 1.82) is 0 Å². The van der Waals surface area contributed by atoms with E-state index in [0.29, 0.717) is 18.6 Å². The van der Waals surface area contributed by atoms with Crippen molar-refractivity contribution in [2.75, 3.05) is 13.2 Å². The minimum absolute atomic E-state index is 0.140. The van der Waals surface area contributed by atoms with Crippen LogP contribution in [0.1, 0.15) is 31.4 Å². The summed E-state index contributed by atoms with van der Waals surface area (Å²) in [6, 6.07) is 3.22. The highest BCUT2D eigenvalue weighted by atomic mass is 19.4. The molecule has 0 fully saturated rings. The molecular weight excluding hydrogens is 273 g/mol. The smallest absolute Gasteiger partial charge is 0.508 e. The Labute approximate surface area is 116 Å². The summed E-state index contributed by atoms with van der Waals surface area (Å²) in [5, 5.41) is 9.58. The molecule has 1 N–H and O–H groups in total. The van der Waals surface area contributed by atoms with Gasteiger partial charge in [-0.3, -0.25) is 4.74 Å². The molecule has 0 aromatic heterocycles. The van der Waals surface area contributed by atoms with Gasteiger partial charge in [0, 0.05) is 6.42 Å². The number of hydrogen-bond acceptors (Lipinski definition) is 3. The van der Waals surface area contributed by atoms with E-state index in [9.17, 15) is 18.3 Å². The fourth-order valence-electron chi connectivity index (χ4n) is 1.87. The topological polar surface area (TPSA) is 38.7 Å². The molecule has 1 aromatic rings. The van der Waals surface area contributed by atoms with Crippen LogP contribution < -0.4 is 4.74 Å². The molecule has 1 aromatic carbocycles. The second kappa shape index (κ2) is 7.38. The van der Waals surface area contributed by atoms with Crippen molar-refractivity contribution < 1.29 is 27.8 Å². The van der Waals surface area contributed by atoms with E-state index in [1.54, 1.807) is 12.1 Å². The van der Waals surface area contributed by atoms with Crippen molar-refractivity contribution in [2.24, 2.45) is 0 Å². The van der Waals surface area contributed by atoms with Gasteiger partial charge in [-0.25, -0.2) is 0 Å². The molecule has 0 amide bonds. The predicted molar refractivity (Wildman–Crippen MR) is 69.0 cm³/mol. The summed E-state index contributed by atoms with van der Waals surface area (Å²) in [6.45, 7) is 3.56. The van der Waals surface area contributed by atoms with E-state index in [1.165, 1.54) is 0 Å². The summed E-state index contributed by atoms with van der Waals surface area (Å²) in [6.07, 6.45) is -3.10. The normalized spacial score (nSPS) is 11.7. The molecule has 0 saturated heterocycles. The summed E-state index contributed by atoms with van der Waals surface area (Å²) in [4.78, 5) is 0. The van der Waals surface area contributed by atoms with Crippen LogP contribution >= 0.6 is 0 Å². The molecule has 0 bridgehead atoms. The molecule has 0 aliphatic rings. The Morgan fingerprint density at radius 2 is 1.60 bits per heavy atom. The first-order valence-corrected chi connectivity index (χ1v) is 6.55. The fraction of sp³-hybridized carbons (Fsp3) is 0.571. The Morgan fingerprint density at radius 1 is 1.05 bits per heavy atom. The third-order valence-corrected chi connectivity index (χ3v) is 2.79. The quantitative estimate of drug-likeness (QED) is 0.776. The highest BCUT2D eigenvalue weighted by Crippen LogP contribution is 2.30. The van der Waals surface area contributed by atoms with Crippen molar-refractivity contribution >= 4 is 0 Å². The van der Waals surface area contributed by atoms with Crippen LogP contribution in [0.5, 0.6) is 11.5 Å². The number of hydrogen-bond donors (Lipinski definition) is 1. The lowest BCUT2D eigenvalue weighted by Gasteiger charge is -2.15. The van der Waals surface area contributed by atoms with Crippen LogP contribution in [0, 0.1) is 0 Å². The number of aryl methyl sites for hydroxylation is 2. The first-order chi connectivity index (χ1) is 9.37. The highest BCUT2D eigenvalue weighted by Gasteiger charge is 2.28. The zero-order valence-electron chi connectivity index (χ0n) is 11.6. The molecule has 1 rings (SSSR count). The minimum Gasteiger partial charge on any atom is -0.508 e. The van der Waals surface area contributed by atoms with Gasteiger partial charge >= 0.3 is 6.36 Å². The van der Waals surface area contributed by atoms with Gasteiger partial charge in [-0.05, 0) is 36.1 Å². The van der Waals surface area contributed by atoms with Crippen LogP contribution in [0.15, 0.2) is 12.1 Å². The number of aromatic hydroxyl groups is 1. The van der Waals surface area contributed by atoms with Crippen molar-refractivity contribution in [3.05, 3.63) is 23.3 Å². The zero-order valence-corrected chi connectivity index (χ0v) is 11.6. The average Bonchev–Trinajstić information content (AvgIpc) is 2.37. The average molecular weight is 292 g/mol. The Bertz CT molecular complexity index is 405. The number of phenols is 1. The molecule has 0 aliphatic heterocycles. The summed E-state index contributed by atoms with van der Waals surface area (Å²) in [5.74, 6) is 0.825. The summed E-state index contributed by atoms with van der Waals surface area (Å²) in [7, 11) is 0. The van der Waals surface area contributed by atoms with E-state index in [0.717, 1.165) is 11.1 Å². The second-order valence-electron chi connectivity index (χ2n) is 4.30. The third kappa shape index (κ3) is 5.28. The van der Waals surface area contributed by atoms with E-state index in [2.05, 4.69) is 4.74 Å². The van der Waals surface area contributed by atoms with Crippen molar-refractivity contribution in [2.45, 2.75) is 39.5 Å². The van der Waals surface area contributed by atoms with Gasteiger partial charge in [-0.1, -0.05) is 13.8 Å².